The summed E-state index contributed by atoms with van der Waals surface area (Å²) in [6.45, 7) is 1.90. The second kappa shape index (κ2) is 4.07. The van der Waals surface area contributed by atoms with E-state index in [1.807, 2.05) is 19.1 Å². The Bertz CT molecular complexity index is 851. The van der Waals surface area contributed by atoms with Crippen molar-refractivity contribution in [2.24, 2.45) is 0 Å². The van der Waals surface area contributed by atoms with E-state index in [1.165, 1.54) is 4.52 Å². The number of aromatic nitrogens is 4. The first-order valence-electron chi connectivity index (χ1n) is 5.64. The van der Waals surface area contributed by atoms with Gasteiger partial charge in [-0.3, -0.25) is 0 Å². The Morgan fingerprint density at radius 3 is 2.74 bits per heavy atom. The third-order valence-corrected chi connectivity index (χ3v) is 2.88. The van der Waals surface area contributed by atoms with Crippen molar-refractivity contribution in [3.8, 4) is 17.3 Å². The fourth-order valence-corrected chi connectivity index (χ4v) is 1.92. The second-order valence-corrected chi connectivity index (χ2v) is 4.16. The SMILES string of the molecule is Cc1cc2n[nH]c(=O)n2nc1-c1ccc(C#N)cc1. The molecule has 6 nitrogen and oxygen atoms in total. The molecule has 1 N–H and O–H groups in total. The number of nitrogens with zero attached hydrogens (tertiary/aromatic N) is 4. The Hall–Kier alpha value is -2.94. The standard InChI is InChI=1S/C13H9N5O/c1-8-6-11-15-16-13(19)18(11)17-12(8)10-4-2-9(7-14)3-5-10/h2-6H,1H3,(H,16,19). The average Bonchev–Trinajstić information content (AvgIpc) is 2.79. The van der Waals surface area contributed by atoms with E-state index in [9.17, 15) is 4.79 Å². The number of hydrogen-bond acceptors (Lipinski definition) is 4. The molecule has 0 radical (unpaired) electrons. The van der Waals surface area contributed by atoms with E-state index < -0.39 is 0 Å². The molecule has 3 rings (SSSR count). The molecule has 0 saturated heterocycles. The Kier molecular flexibility index (Phi) is 2.39. The van der Waals surface area contributed by atoms with E-state index in [-0.39, 0.29) is 5.69 Å². The first-order valence-corrected chi connectivity index (χ1v) is 5.64. The molecule has 0 aliphatic carbocycles. The summed E-state index contributed by atoms with van der Waals surface area (Å²) < 4.78 is 1.22. The Balaban J connectivity index is 2.23. The highest BCUT2D eigenvalue weighted by Crippen LogP contribution is 2.21. The summed E-state index contributed by atoms with van der Waals surface area (Å²) in [5.41, 5.74) is 3.16. The molecule has 92 valence electrons. The minimum atomic E-state index is -0.370. The molecule has 0 aliphatic rings. The molecular formula is C13H9N5O. The number of aromatic amines is 1. The van der Waals surface area contributed by atoms with E-state index >= 15 is 0 Å². The number of benzene rings is 1. The van der Waals surface area contributed by atoms with Gasteiger partial charge in [0.05, 0.1) is 17.3 Å². The number of nitrogens with one attached hydrogen (secondary N) is 1. The summed E-state index contributed by atoms with van der Waals surface area (Å²) in [5.74, 6) is 0. The lowest BCUT2D eigenvalue weighted by atomic mass is 10.1. The van der Waals surface area contributed by atoms with Crippen LogP contribution in [0.1, 0.15) is 11.1 Å². The molecule has 0 unspecified atom stereocenters. The monoisotopic (exact) mass is 251 g/mol. The maximum absolute atomic E-state index is 11.5. The molecule has 0 aliphatic heterocycles. The van der Waals surface area contributed by atoms with Gasteiger partial charge in [0.25, 0.3) is 0 Å². The third-order valence-electron chi connectivity index (χ3n) is 2.88. The van der Waals surface area contributed by atoms with Crippen LogP contribution < -0.4 is 5.69 Å². The second-order valence-electron chi connectivity index (χ2n) is 4.16. The summed E-state index contributed by atoms with van der Waals surface area (Å²) in [5, 5.41) is 19.3. The average molecular weight is 251 g/mol. The predicted octanol–water partition coefficient (Wildman–Crippen LogP) is 1.26. The van der Waals surface area contributed by atoms with Crippen LogP contribution in [0.15, 0.2) is 35.1 Å². The molecule has 0 amide bonds. The predicted molar refractivity (Wildman–Crippen MR) is 68.5 cm³/mol. The number of fused-ring (bicyclic) bond motifs is 1. The van der Waals surface area contributed by atoms with Crippen LogP contribution in [0.2, 0.25) is 0 Å². The van der Waals surface area contributed by atoms with Gasteiger partial charge in [-0.1, -0.05) is 12.1 Å². The molecule has 0 bridgehead atoms. The minimum Gasteiger partial charge on any atom is -0.244 e. The molecule has 2 aromatic heterocycles. The first kappa shape index (κ1) is 11.2. The summed E-state index contributed by atoms with van der Waals surface area (Å²) in [6.07, 6.45) is 0. The smallest absolute Gasteiger partial charge is 0.244 e. The molecule has 19 heavy (non-hydrogen) atoms. The third kappa shape index (κ3) is 1.77. The Labute approximate surface area is 107 Å². The number of nitriles is 1. The van der Waals surface area contributed by atoms with Crippen LogP contribution in [0.25, 0.3) is 16.9 Å². The van der Waals surface area contributed by atoms with E-state index in [4.69, 9.17) is 5.26 Å². The van der Waals surface area contributed by atoms with Gasteiger partial charge in [0.1, 0.15) is 0 Å². The minimum absolute atomic E-state index is 0.370. The summed E-state index contributed by atoms with van der Waals surface area (Å²) in [7, 11) is 0. The molecule has 0 fully saturated rings. The highest BCUT2D eigenvalue weighted by molar-refractivity contribution is 5.65. The van der Waals surface area contributed by atoms with Gasteiger partial charge >= 0.3 is 5.69 Å². The van der Waals surface area contributed by atoms with Crippen molar-refractivity contribution < 1.29 is 0 Å². The molecule has 6 heteroatoms. The maximum atomic E-state index is 11.5. The van der Waals surface area contributed by atoms with Crippen molar-refractivity contribution in [1.82, 2.24) is 19.8 Å². The molecular weight excluding hydrogens is 242 g/mol. The van der Waals surface area contributed by atoms with Crippen LogP contribution in [0.5, 0.6) is 0 Å². The zero-order chi connectivity index (χ0) is 13.4. The zero-order valence-electron chi connectivity index (χ0n) is 10.1. The van der Waals surface area contributed by atoms with Crippen molar-refractivity contribution >= 4 is 5.65 Å². The van der Waals surface area contributed by atoms with Gasteiger partial charge in [-0.05, 0) is 30.7 Å². The number of hydrogen-bond donors (Lipinski definition) is 1. The van der Waals surface area contributed by atoms with Crippen LogP contribution in [0.4, 0.5) is 0 Å². The van der Waals surface area contributed by atoms with E-state index in [0.29, 0.717) is 16.9 Å². The highest BCUT2D eigenvalue weighted by atomic mass is 16.2. The lowest BCUT2D eigenvalue weighted by Gasteiger charge is -2.05. The Morgan fingerprint density at radius 1 is 1.32 bits per heavy atom. The van der Waals surface area contributed by atoms with Crippen molar-refractivity contribution in [2.45, 2.75) is 6.92 Å². The van der Waals surface area contributed by atoms with Crippen LogP contribution >= 0.6 is 0 Å². The normalized spacial score (nSPS) is 10.5. The van der Waals surface area contributed by atoms with Crippen molar-refractivity contribution in [1.29, 1.82) is 5.26 Å². The number of rotatable bonds is 1. The number of H-pyrrole nitrogens is 1. The van der Waals surface area contributed by atoms with E-state index in [0.717, 1.165) is 11.1 Å². The van der Waals surface area contributed by atoms with Crippen molar-refractivity contribution in [2.75, 3.05) is 0 Å². The van der Waals surface area contributed by atoms with Gasteiger partial charge in [-0.2, -0.15) is 20.0 Å². The van der Waals surface area contributed by atoms with Gasteiger partial charge in [0.2, 0.25) is 0 Å². The van der Waals surface area contributed by atoms with Crippen LogP contribution in [0, 0.1) is 18.3 Å². The van der Waals surface area contributed by atoms with Gasteiger partial charge in [0, 0.05) is 5.56 Å². The van der Waals surface area contributed by atoms with Gasteiger partial charge in [-0.25, -0.2) is 9.89 Å². The molecule has 3 aromatic rings. The zero-order valence-corrected chi connectivity index (χ0v) is 10.1. The molecule has 1 aromatic carbocycles. The summed E-state index contributed by atoms with van der Waals surface area (Å²) in [6, 6.07) is 10.9. The van der Waals surface area contributed by atoms with Gasteiger partial charge < -0.3 is 0 Å². The molecule has 0 saturated carbocycles. The fraction of sp³-hybridized carbons (Fsp3) is 0.0769. The summed E-state index contributed by atoms with van der Waals surface area (Å²) >= 11 is 0. The van der Waals surface area contributed by atoms with E-state index in [2.05, 4.69) is 21.4 Å². The first-order chi connectivity index (χ1) is 9.19. The lowest BCUT2D eigenvalue weighted by molar-refractivity contribution is 0.880. The fourth-order valence-electron chi connectivity index (χ4n) is 1.92. The largest absolute Gasteiger partial charge is 0.364 e. The molecule has 0 atom stereocenters. The van der Waals surface area contributed by atoms with Crippen molar-refractivity contribution in [3.63, 3.8) is 0 Å². The quantitative estimate of drug-likeness (QED) is 0.705. The van der Waals surface area contributed by atoms with Gasteiger partial charge in [0.15, 0.2) is 5.65 Å². The topological polar surface area (TPSA) is 86.8 Å². The summed E-state index contributed by atoms with van der Waals surface area (Å²) in [4.78, 5) is 11.5. The highest BCUT2D eigenvalue weighted by Gasteiger charge is 2.09. The Morgan fingerprint density at radius 2 is 2.05 bits per heavy atom. The number of aryl methyl sites for hydroxylation is 1. The van der Waals surface area contributed by atoms with Gasteiger partial charge in [-0.15, -0.1) is 0 Å². The van der Waals surface area contributed by atoms with Crippen LogP contribution in [-0.4, -0.2) is 19.8 Å². The van der Waals surface area contributed by atoms with Crippen molar-refractivity contribution in [3.05, 3.63) is 51.9 Å². The van der Waals surface area contributed by atoms with Crippen LogP contribution in [-0.2, 0) is 0 Å². The maximum Gasteiger partial charge on any atom is 0.364 e. The molecule has 2 heterocycles. The van der Waals surface area contributed by atoms with E-state index in [1.54, 1.807) is 18.2 Å². The lowest BCUT2D eigenvalue weighted by Crippen LogP contribution is -2.13. The van der Waals surface area contributed by atoms with Crippen LogP contribution in [0.3, 0.4) is 0 Å². The molecule has 0 spiro atoms.